The fourth-order valence-corrected chi connectivity index (χ4v) is 10.2. The van der Waals surface area contributed by atoms with Crippen molar-refractivity contribution in [3.8, 4) is 50.3 Å². The quantitative estimate of drug-likeness (QED) is 0.155. The molecule has 0 unspecified atom stereocenters. The number of para-hydroxylation sites is 1. The maximum Gasteiger partial charge on any atom is 0.0626 e. The normalized spacial score (nSPS) is 13.6. The Balaban J connectivity index is 1.04. The topological polar surface area (TPSA) is 4.93 Å². The summed E-state index contributed by atoms with van der Waals surface area (Å²) >= 11 is 0. The van der Waals surface area contributed by atoms with Gasteiger partial charge in [0.25, 0.3) is 0 Å². The van der Waals surface area contributed by atoms with E-state index in [4.69, 9.17) is 0 Å². The van der Waals surface area contributed by atoms with E-state index in [0.717, 1.165) is 0 Å². The molecule has 0 amide bonds. The van der Waals surface area contributed by atoms with Crippen molar-refractivity contribution in [2.24, 2.45) is 0 Å². The van der Waals surface area contributed by atoms with E-state index in [2.05, 4.69) is 219 Å². The summed E-state index contributed by atoms with van der Waals surface area (Å²) in [5.41, 5.74) is 20.3. The molecule has 12 rings (SSSR count). The summed E-state index contributed by atoms with van der Waals surface area (Å²) in [6.07, 6.45) is 2.40. The number of aromatic nitrogens is 1. The predicted octanol–water partition coefficient (Wildman–Crippen LogP) is 15.1. The molecule has 0 saturated heterocycles. The van der Waals surface area contributed by atoms with Gasteiger partial charge < -0.3 is 4.57 Å². The van der Waals surface area contributed by atoms with Gasteiger partial charge in [0, 0.05) is 27.6 Å². The van der Waals surface area contributed by atoms with Crippen LogP contribution < -0.4 is 0 Å². The summed E-state index contributed by atoms with van der Waals surface area (Å²) in [6, 6.07) is 71.9. The molecule has 0 fully saturated rings. The van der Waals surface area contributed by atoms with Crippen molar-refractivity contribution < 1.29 is 0 Å². The van der Waals surface area contributed by atoms with Crippen LogP contribution in [0.2, 0.25) is 0 Å². The van der Waals surface area contributed by atoms with Gasteiger partial charge in [-0.2, -0.15) is 0 Å². The van der Waals surface area contributed by atoms with Crippen LogP contribution in [0.4, 0.5) is 0 Å². The number of benzene rings is 9. The first-order valence-electron chi connectivity index (χ1n) is 20.3. The highest BCUT2D eigenvalue weighted by atomic mass is 15.0. The highest BCUT2D eigenvalue weighted by molar-refractivity contribution is 6.22. The minimum Gasteiger partial charge on any atom is -0.309 e. The van der Waals surface area contributed by atoms with Crippen LogP contribution in [0.5, 0.6) is 0 Å². The van der Waals surface area contributed by atoms with Gasteiger partial charge in [-0.3, -0.25) is 0 Å². The predicted molar refractivity (Wildman–Crippen MR) is 246 cm³/mol. The Bertz CT molecular complexity index is 3340. The molecule has 2 aliphatic rings. The number of hydrogen-bond acceptors (Lipinski definition) is 0. The number of fused-ring (bicyclic) bond motifs is 9. The van der Waals surface area contributed by atoms with E-state index in [1.54, 1.807) is 0 Å². The van der Waals surface area contributed by atoms with Gasteiger partial charge in [0.2, 0.25) is 0 Å². The smallest absolute Gasteiger partial charge is 0.0626 e. The lowest BCUT2D eigenvalue weighted by molar-refractivity contribution is 0.660. The maximum absolute atomic E-state index is 2.47. The van der Waals surface area contributed by atoms with E-state index in [0.29, 0.717) is 0 Å². The van der Waals surface area contributed by atoms with Crippen molar-refractivity contribution in [1.82, 2.24) is 4.57 Å². The van der Waals surface area contributed by atoms with Gasteiger partial charge in [-0.05, 0) is 125 Å². The summed E-state index contributed by atoms with van der Waals surface area (Å²) in [5, 5.41) is 6.41. The zero-order valence-electron chi connectivity index (χ0n) is 32.5. The maximum atomic E-state index is 2.47. The fraction of sp³-hybridized carbons (Fsp3) is 0.0526. The average molecular weight is 738 g/mol. The standard InChI is InChI=1S/C57H39N/c1-57(2)51-27-9-8-23-45(51)46-30-28-41(35-52(46)57)49(44-24-11-16-37-15-6-7-22-43(37)44)33-36-14-10-19-39(32-36)40-29-31-53-50(34-40)55-47-25-12-17-38-18-13-26-48(54(38)47)56(55)58(53)42-20-4-3-5-21-42/h3-35H,1-2H3/b49-33-. The van der Waals surface area contributed by atoms with Gasteiger partial charge in [0.15, 0.2) is 0 Å². The van der Waals surface area contributed by atoms with Crippen molar-refractivity contribution in [3.63, 3.8) is 0 Å². The van der Waals surface area contributed by atoms with Crippen LogP contribution in [0, 0.1) is 0 Å². The van der Waals surface area contributed by atoms with Crippen LogP contribution in [-0.4, -0.2) is 4.57 Å². The molecule has 0 N–H and O–H groups in total. The molecule has 1 heterocycles. The number of rotatable bonds is 5. The van der Waals surface area contributed by atoms with E-state index >= 15 is 0 Å². The summed E-state index contributed by atoms with van der Waals surface area (Å²) in [7, 11) is 0. The lowest BCUT2D eigenvalue weighted by Gasteiger charge is -2.22. The third-order valence-corrected chi connectivity index (χ3v) is 12.9. The summed E-state index contributed by atoms with van der Waals surface area (Å²) < 4.78 is 2.47. The van der Waals surface area contributed by atoms with E-state index < -0.39 is 0 Å². The molecule has 58 heavy (non-hydrogen) atoms. The molecule has 272 valence electrons. The second-order valence-corrected chi connectivity index (χ2v) is 16.5. The lowest BCUT2D eigenvalue weighted by atomic mass is 9.81. The summed E-state index contributed by atoms with van der Waals surface area (Å²) in [6.45, 7) is 4.73. The second-order valence-electron chi connectivity index (χ2n) is 16.5. The average Bonchev–Trinajstić information content (AvgIpc) is 3.87. The zero-order chi connectivity index (χ0) is 38.5. The number of nitrogens with zero attached hydrogens (tertiary/aromatic N) is 1. The van der Waals surface area contributed by atoms with Gasteiger partial charge in [0.1, 0.15) is 0 Å². The minimum atomic E-state index is -0.0864. The Labute approximate surface area is 338 Å². The van der Waals surface area contributed by atoms with Crippen molar-refractivity contribution in [2.75, 3.05) is 0 Å². The molecule has 1 nitrogen and oxygen atoms in total. The Kier molecular flexibility index (Phi) is 7.04. The molecule has 0 saturated carbocycles. The fourth-order valence-electron chi connectivity index (χ4n) is 10.2. The van der Waals surface area contributed by atoms with Gasteiger partial charge in [0.05, 0.1) is 11.2 Å². The molecule has 1 aromatic heterocycles. The first kappa shape index (κ1) is 33.0. The van der Waals surface area contributed by atoms with Crippen LogP contribution in [-0.2, 0) is 5.41 Å². The van der Waals surface area contributed by atoms with Crippen LogP contribution in [0.25, 0.3) is 94.4 Å². The van der Waals surface area contributed by atoms with Gasteiger partial charge in [-0.1, -0.05) is 172 Å². The first-order valence-corrected chi connectivity index (χ1v) is 20.3. The van der Waals surface area contributed by atoms with Crippen LogP contribution in [0.15, 0.2) is 194 Å². The molecule has 10 aromatic rings. The largest absolute Gasteiger partial charge is 0.309 e. The molecule has 0 aliphatic heterocycles. The second kappa shape index (κ2) is 12.4. The molecular formula is C57H39N. The summed E-state index contributed by atoms with van der Waals surface area (Å²) in [4.78, 5) is 0. The highest BCUT2D eigenvalue weighted by Crippen LogP contribution is 2.53. The molecule has 0 atom stereocenters. The van der Waals surface area contributed by atoms with Crippen molar-refractivity contribution in [1.29, 1.82) is 0 Å². The van der Waals surface area contributed by atoms with E-state index in [1.807, 2.05) is 0 Å². The van der Waals surface area contributed by atoms with E-state index in [9.17, 15) is 0 Å². The number of hydrogen-bond donors (Lipinski definition) is 0. The Hall–Kier alpha value is -7.22. The van der Waals surface area contributed by atoms with E-state index in [-0.39, 0.29) is 5.41 Å². The van der Waals surface area contributed by atoms with Gasteiger partial charge >= 0.3 is 0 Å². The Morgan fingerprint density at radius 1 is 0.483 bits per heavy atom. The molecule has 0 spiro atoms. The zero-order valence-corrected chi connectivity index (χ0v) is 32.5. The molecule has 1 heteroatoms. The minimum absolute atomic E-state index is 0.0864. The Morgan fingerprint density at radius 3 is 2.07 bits per heavy atom. The van der Waals surface area contributed by atoms with Crippen LogP contribution >= 0.6 is 0 Å². The monoisotopic (exact) mass is 737 g/mol. The summed E-state index contributed by atoms with van der Waals surface area (Å²) in [5.74, 6) is 0. The highest BCUT2D eigenvalue weighted by Gasteiger charge is 2.35. The molecule has 2 aliphatic carbocycles. The third-order valence-electron chi connectivity index (χ3n) is 12.9. The van der Waals surface area contributed by atoms with Crippen molar-refractivity contribution in [2.45, 2.75) is 19.3 Å². The molecule has 9 aromatic carbocycles. The first-order chi connectivity index (χ1) is 28.5. The molecular weight excluding hydrogens is 699 g/mol. The van der Waals surface area contributed by atoms with Crippen molar-refractivity contribution >= 4 is 44.1 Å². The third kappa shape index (κ3) is 4.77. The van der Waals surface area contributed by atoms with Gasteiger partial charge in [-0.25, -0.2) is 0 Å². The molecule has 0 radical (unpaired) electrons. The SMILES string of the molecule is CC1(C)c2ccccc2-c2ccc(/C(=C/c3cccc(-c4ccc5c(c4)c4c(n5-c5ccccc5)-c5cccc6cccc-4c56)c3)c3cccc4ccccc34)cc21. The molecule has 0 bridgehead atoms. The van der Waals surface area contributed by atoms with Crippen molar-refractivity contribution in [3.05, 3.63) is 222 Å². The van der Waals surface area contributed by atoms with Crippen LogP contribution in [0.3, 0.4) is 0 Å². The lowest BCUT2D eigenvalue weighted by Crippen LogP contribution is -2.15. The Morgan fingerprint density at radius 2 is 1.17 bits per heavy atom. The van der Waals surface area contributed by atoms with Crippen LogP contribution in [0.1, 0.15) is 41.7 Å². The van der Waals surface area contributed by atoms with E-state index in [1.165, 1.54) is 116 Å². The van der Waals surface area contributed by atoms with Gasteiger partial charge in [-0.15, -0.1) is 0 Å².